The molecule has 0 unspecified atom stereocenters. The minimum absolute atomic E-state index is 0.0669. The van der Waals surface area contributed by atoms with E-state index < -0.39 is 0 Å². The second kappa shape index (κ2) is 6.62. The maximum atomic E-state index is 12.2. The Kier molecular flexibility index (Phi) is 4.85. The summed E-state index contributed by atoms with van der Waals surface area (Å²) < 4.78 is 7.37. The number of para-hydroxylation sites is 1. The van der Waals surface area contributed by atoms with Crippen molar-refractivity contribution in [2.24, 2.45) is 7.05 Å². The third-order valence-corrected chi connectivity index (χ3v) is 3.44. The number of rotatable bonds is 5. The Labute approximate surface area is 123 Å². The maximum absolute atomic E-state index is 12.2. The number of benzene rings is 1. The number of hydrogen-bond acceptors (Lipinski definition) is 2. The van der Waals surface area contributed by atoms with Crippen LogP contribution in [0, 0.1) is 0 Å². The van der Waals surface area contributed by atoms with E-state index in [0.29, 0.717) is 12.2 Å². The number of hydrogen-bond donors (Lipinski definition) is 0. The summed E-state index contributed by atoms with van der Waals surface area (Å²) in [6.07, 6.45) is 0.943. The molecule has 0 atom stereocenters. The molecule has 0 aliphatic rings. The van der Waals surface area contributed by atoms with Gasteiger partial charge in [-0.1, -0.05) is 25.1 Å². The second-order valence-corrected chi connectivity index (χ2v) is 4.85. The molecular formula is C16H18ClNO2. The van der Waals surface area contributed by atoms with Crippen LogP contribution in [0.4, 0.5) is 0 Å². The fourth-order valence-electron chi connectivity index (χ4n) is 2.08. The fraction of sp³-hybridized carbons (Fsp3) is 0.312. The summed E-state index contributed by atoms with van der Waals surface area (Å²) in [6, 6.07) is 11.4. The Bertz CT molecular complexity index is 649. The number of aromatic nitrogens is 1. The van der Waals surface area contributed by atoms with Crippen molar-refractivity contribution >= 4 is 11.6 Å². The van der Waals surface area contributed by atoms with Crippen molar-refractivity contribution in [2.45, 2.75) is 19.2 Å². The van der Waals surface area contributed by atoms with E-state index in [4.69, 9.17) is 16.3 Å². The largest absolute Gasteiger partial charge is 0.493 e. The predicted octanol–water partition coefficient (Wildman–Crippen LogP) is 3.58. The van der Waals surface area contributed by atoms with Crippen LogP contribution in [-0.2, 0) is 12.9 Å². The molecule has 3 nitrogen and oxygen atoms in total. The molecule has 0 saturated heterocycles. The van der Waals surface area contributed by atoms with Crippen molar-refractivity contribution in [3.63, 3.8) is 0 Å². The summed E-state index contributed by atoms with van der Waals surface area (Å²) in [5.41, 5.74) is 2.28. The van der Waals surface area contributed by atoms with E-state index >= 15 is 0 Å². The Morgan fingerprint density at radius 3 is 2.65 bits per heavy atom. The van der Waals surface area contributed by atoms with Gasteiger partial charge >= 0.3 is 0 Å². The molecule has 20 heavy (non-hydrogen) atoms. The number of halogens is 1. The van der Waals surface area contributed by atoms with Crippen LogP contribution in [0.3, 0.4) is 0 Å². The van der Waals surface area contributed by atoms with E-state index in [-0.39, 0.29) is 11.4 Å². The van der Waals surface area contributed by atoms with Crippen LogP contribution in [0.15, 0.2) is 41.2 Å². The SMILES string of the molecule is CCCOc1ccccc1-c1ccc(CCl)c(=O)n1C. The molecule has 0 aliphatic heterocycles. The predicted molar refractivity (Wildman–Crippen MR) is 82.5 cm³/mol. The third kappa shape index (κ3) is 2.88. The lowest BCUT2D eigenvalue weighted by atomic mass is 10.1. The van der Waals surface area contributed by atoms with Crippen LogP contribution >= 0.6 is 11.6 Å². The van der Waals surface area contributed by atoms with Gasteiger partial charge < -0.3 is 9.30 Å². The quantitative estimate of drug-likeness (QED) is 0.789. The number of alkyl halides is 1. The van der Waals surface area contributed by atoms with Crippen molar-refractivity contribution in [1.82, 2.24) is 4.57 Å². The monoisotopic (exact) mass is 291 g/mol. The summed E-state index contributed by atoms with van der Waals surface area (Å²) >= 11 is 5.76. The highest BCUT2D eigenvalue weighted by atomic mass is 35.5. The molecular weight excluding hydrogens is 274 g/mol. The molecule has 0 bridgehead atoms. The number of pyridine rings is 1. The molecule has 1 aromatic carbocycles. The zero-order chi connectivity index (χ0) is 14.5. The van der Waals surface area contributed by atoms with E-state index in [2.05, 4.69) is 6.92 Å². The molecule has 2 rings (SSSR count). The lowest BCUT2D eigenvalue weighted by Crippen LogP contribution is -2.21. The molecule has 106 valence electrons. The summed E-state index contributed by atoms with van der Waals surface area (Å²) in [7, 11) is 1.75. The van der Waals surface area contributed by atoms with Gasteiger partial charge in [0.1, 0.15) is 5.75 Å². The topological polar surface area (TPSA) is 31.2 Å². The Morgan fingerprint density at radius 1 is 1.20 bits per heavy atom. The first-order chi connectivity index (χ1) is 9.69. The Hall–Kier alpha value is -1.74. The Balaban J connectivity index is 2.52. The van der Waals surface area contributed by atoms with Crippen molar-refractivity contribution in [3.8, 4) is 17.0 Å². The van der Waals surface area contributed by atoms with Crippen LogP contribution in [0.25, 0.3) is 11.3 Å². The van der Waals surface area contributed by atoms with E-state index in [1.807, 2.05) is 30.3 Å². The first-order valence-corrected chi connectivity index (χ1v) is 7.19. The summed E-state index contributed by atoms with van der Waals surface area (Å²) in [5.74, 6) is 1.02. The van der Waals surface area contributed by atoms with Gasteiger partial charge in [0.25, 0.3) is 5.56 Å². The zero-order valence-electron chi connectivity index (χ0n) is 11.7. The molecule has 0 amide bonds. The molecule has 2 aromatic rings. The summed E-state index contributed by atoms with van der Waals surface area (Å²) in [5, 5.41) is 0. The first-order valence-electron chi connectivity index (χ1n) is 6.66. The molecule has 0 radical (unpaired) electrons. The van der Waals surface area contributed by atoms with Crippen molar-refractivity contribution in [1.29, 1.82) is 0 Å². The van der Waals surface area contributed by atoms with Gasteiger partial charge in [-0.05, 0) is 24.6 Å². The second-order valence-electron chi connectivity index (χ2n) is 4.59. The van der Waals surface area contributed by atoms with Crippen molar-refractivity contribution in [2.75, 3.05) is 6.61 Å². The highest BCUT2D eigenvalue weighted by Gasteiger charge is 2.11. The van der Waals surface area contributed by atoms with Crippen molar-refractivity contribution in [3.05, 3.63) is 52.3 Å². The van der Waals surface area contributed by atoms with Crippen LogP contribution in [0.5, 0.6) is 5.75 Å². The van der Waals surface area contributed by atoms with Gasteiger partial charge in [0, 0.05) is 18.2 Å². The fourth-order valence-corrected chi connectivity index (χ4v) is 2.28. The van der Waals surface area contributed by atoms with Gasteiger partial charge in [-0.15, -0.1) is 11.6 Å². The molecule has 0 fully saturated rings. The van der Waals surface area contributed by atoms with Gasteiger partial charge in [-0.2, -0.15) is 0 Å². The lowest BCUT2D eigenvalue weighted by molar-refractivity contribution is 0.318. The van der Waals surface area contributed by atoms with Crippen LogP contribution < -0.4 is 10.3 Å². The van der Waals surface area contributed by atoms with E-state index in [9.17, 15) is 4.79 Å². The zero-order valence-corrected chi connectivity index (χ0v) is 12.5. The maximum Gasteiger partial charge on any atom is 0.255 e. The van der Waals surface area contributed by atoms with Gasteiger partial charge in [-0.3, -0.25) is 4.79 Å². The normalized spacial score (nSPS) is 10.6. The molecule has 0 saturated carbocycles. The molecule has 0 spiro atoms. The van der Waals surface area contributed by atoms with E-state index in [1.165, 1.54) is 0 Å². The standard InChI is InChI=1S/C16H18ClNO2/c1-3-10-20-15-7-5-4-6-13(15)14-9-8-12(11-17)16(19)18(14)2/h4-9H,3,10-11H2,1-2H3. The van der Waals surface area contributed by atoms with E-state index in [0.717, 1.165) is 23.4 Å². The highest BCUT2D eigenvalue weighted by molar-refractivity contribution is 6.17. The molecule has 0 aliphatic carbocycles. The number of nitrogens with zero attached hydrogens (tertiary/aromatic N) is 1. The summed E-state index contributed by atoms with van der Waals surface area (Å²) in [4.78, 5) is 12.2. The van der Waals surface area contributed by atoms with Crippen LogP contribution in [0.2, 0.25) is 0 Å². The molecule has 1 aromatic heterocycles. The third-order valence-electron chi connectivity index (χ3n) is 3.15. The smallest absolute Gasteiger partial charge is 0.255 e. The van der Waals surface area contributed by atoms with Gasteiger partial charge in [0.05, 0.1) is 18.2 Å². The lowest BCUT2D eigenvalue weighted by Gasteiger charge is -2.14. The molecule has 1 heterocycles. The average Bonchev–Trinajstić information content (AvgIpc) is 2.48. The molecule has 4 heteroatoms. The van der Waals surface area contributed by atoms with Crippen LogP contribution in [-0.4, -0.2) is 11.2 Å². The summed E-state index contributed by atoms with van der Waals surface area (Å²) in [6.45, 7) is 2.72. The highest BCUT2D eigenvalue weighted by Crippen LogP contribution is 2.29. The number of ether oxygens (including phenoxy) is 1. The first kappa shape index (κ1) is 14.7. The average molecular weight is 292 g/mol. The molecule has 0 N–H and O–H groups in total. The Morgan fingerprint density at radius 2 is 1.95 bits per heavy atom. The van der Waals surface area contributed by atoms with Gasteiger partial charge in [0.15, 0.2) is 0 Å². The van der Waals surface area contributed by atoms with Crippen molar-refractivity contribution < 1.29 is 4.74 Å². The minimum atomic E-state index is -0.0669. The van der Waals surface area contributed by atoms with Crippen LogP contribution in [0.1, 0.15) is 18.9 Å². The van der Waals surface area contributed by atoms with E-state index in [1.54, 1.807) is 17.7 Å². The van der Waals surface area contributed by atoms with Gasteiger partial charge in [0.2, 0.25) is 0 Å². The minimum Gasteiger partial charge on any atom is -0.493 e. The van der Waals surface area contributed by atoms with Gasteiger partial charge in [-0.25, -0.2) is 0 Å².